The van der Waals surface area contributed by atoms with Gasteiger partial charge in [-0.05, 0) is 11.8 Å². The van der Waals surface area contributed by atoms with E-state index in [1.807, 2.05) is 36.6 Å². The summed E-state index contributed by atoms with van der Waals surface area (Å²) in [7, 11) is 0. The molecule has 0 radical (unpaired) electrons. The summed E-state index contributed by atoms with van der Waals surface area (Å²) in [6.45, 7) is 0. The number of thioether (sulfide) groups is 1. The summed E-state index contributed by atoms with van der Waals surface area (Å²) in [5, 5.41) is 0. The Balaban J connectivity index is 2.75. The number of hydrogen-bond acceptors (Lipinski definition) is 1. The molecule has 1 atom stereocenters. The fraction of sp³-hybridized carbons (Fsp3) is 0.250. The first-order valence-electron chi connectivity index (χ1n) is 3.42. The van der Waals surface area contributed by atoms with Crippen molar-refractivity contribution in [3.05, 3.63) is 35.9 Å². The molecule has 0 spiro atoms. The van der Waals surface area contributed by atoms with Crippen LogP contribution in [-0.2, 0) is 5.73 Å². The first-order valence-corrected chi connectivity index (χ1v) is 4.13. The molecule has 1 heteroatoms. The highest BCUT2D eigenvalue weighted by molar-refractivity contribution is 7.97. The van der Waals surface area contributed by atoms with Crippen molar-refractivity contribution < 1.29 is 1.37 Å². The summed E-state index contributed by atoms with van der Waals surface area (Å²) >= 11 is 1.54. The molecule has 0 aliphatic carbocycles. The summed E-state index contributed by atoms with van der Waals surface area (Å²) in [6, 6.07) is 9.86. The molecule has 48 valence electrons. The first-order chi connectivity index (χ1) is 4.84. The van der Waals surface area contributed by atoms with Gasteiger partial charge in [-0.25, -0.2) is 0 Å². The van der Waals surface area contributed by atoms with E-state index in [0.29, 0.717) is 0 Å². The number of rotatable bonds is 2. The fourth-order valence-electron chi connectivity index (χ4n) is 0.668. The van der Waals surface area contributed by atoms with Gasteiger partial charge in [-0.1, -0.05) is 30.3 Å². The molecule has 0 bridgehead atoms. The summed E-state index contributed by atoms with van der Waals surface area (Å²) in [5.74, 6) is 0. The Morgan fingerprint density at radius 3 is 2.67 bits per heavy atom. The van der Waals surface area contributed by atoms with E-state index in [2.05, 4.69) is 0 Å². The van der Waals surface area contributed by atoms with E-state index < -0.39 is 0 Å². The number of hydrogen-bond donors (Lipinski definition) is 0. The maximum atomic E-state index is 7.52. The molecular formula is C8H10S. The van der Waals surface area contributed by atoms with Crippen LogP contribution in [0.3, 0.4) is 0 Å². The highest BCUT2D eigenvalue weighted by atomic mass is 32.2. The highest BCUT2D eigenvalue weighted by Gasteiger charge is 1.84. The van der Waals surface area contributed by atoms with Crippen LogP contribution in [0.15, 0.2) is 30.3 Å². The molecule has 0 aliphatic heterocycles. The Labute approximate surface area is 61.7 Å². The van der Waals surface area contributed by atoms with Crippen LogP contribution in [0.4, 0.5) is 0 Å². The van der Waals surface area contributed by atoms with E-state index in [9.17, 15) is 0 Å². The maximum Gasteiger partial charge on any atom is 0.0430 e. The predicted octanol–water partition coefficient (Wildman–Crippen LogP) is 2.55. The molecule has 0 N–H and O–H groups in total. The van der Waals surface area contributed by atoms with Crippen LogP contribution >= 0.6 is 11.8 Å². The number of benzene rings is 1. The van der Waals surface area contributed by atoms with Crippen molar-refractivity contribution in [2.24, 2.45) is 0 Å². The SMILES string of the molecule is [2H][C@H](SC)c1ccccc1. The monoisotopic (exact) mass is 139 g/mol. The molecule has 0 amide bonds. The van der Waals surface area contributed by atoms with E-state index in [-0.39, 0.29) is 5.73 Å². The van der Waals surface area contributed by atoms with Gasteiger partial charge in [0.05, 0.1) is 0 Å². The molecule has 9 heavy (non-hydrogen) atoms. The summed E-state index contributed by atoms with van der Waals surface area (Å²) < 4.78 is 7.52. The Kier molecular flexibility index (Phi) is 2.13. The fourth-order valence-corrected chi connectivity index (χ4v) is 1.10. The molecule has 1 aromatic carbocycles. The second-order valence-electron chi connectivity index (χ2n) is 1.76. The third-order valence-corrected chi connectivity index (χ3v) is 1.56. The normalized spacial score (nSPS) is 14.6. The van der Waals surface area contributed by atoms with E-state index in [4.69, 9.17) is 1.37 Å². The van der Waals surface area contributed by atoms with Gasteiger partial charge < -0.3 is 0 Å². The van der Waals surface area contributed by atoms with Gasteiger partial charge in [0.15, 0.2) is 0 Å². The standard InChI is InChI=1S/C8H10S/c1-9-7-8-5-3-2-4-6-8/h2-6H,7H2,1H3/i7D/t7-/m0/s1. The van der Waals surface area contributed by atoms with Gasteiger partial charge in [0.1, 0.15) is 0 Å². The maximum absolute atomic E-state index is 7.52. The van der Waals surface area contributed by atoms with Gasteiger partial charge >= 0.3 is 0 Å². The third-order valence-electron chi connectivity index (χ3n) is 1.05. The van der Waals surface area contributed by atoms with E-state index in [1.54, 1.807) is 11.8 Å². The molecule has 0 fully saturated rings. The lowest BCUT2D eigenvalue weighted by molar-refractivity contribution is 1.42. The molecule has 0 aromatic heterocycles. The lowest BCUT2D eigenvalue weighted by Crippen LogP contribution is -1.74. The zero-order chi connectivity index (χ0) is 7.40. The average Bonchev–Trinajstić information content (AvgIpc) is 2.05. The lowest BCUT2D eigenvalue weighted by atomic mass is 10.2. The second kappa shape index (κ2) is 3.57. The molecule has 1 aromatic rings. The minimum absolute atomic E-state index is 0.124. The Morgan fingerprint density at radius 1 is 1.44 bits per heavy atom. The quantitative estimate of drug-likeness (QED) is 0.606. The third kappa shape index (κ3) is 2.10. The average molecular weight is 139 g/mol. The van der Waals surface area contributed by atoms with E-state index in [0.717, 1.165) is 5.56 Å². The van der Waals surface area contributed by atoms with Crippen molar-refractivity contribution >= 4 is 11.8 Å². The first kappa shape index (κ1) is 5.36. The van der Waals surface area contributed by atoms with Crippen LogP contribution in [-0.4, -0.2) is 6.26 Å². The molecule has 0 aliphatic rings. The molecular weight excluding hydrogens is 128 g/mol. The van der Waals surface area contributed by atoms with Crippen molar-refractivity contribution in [2.45, 2.75) is 5.73 Å². The van der Waals surface area contributed by atoms with Gasteiger partial charge in [-0.3, -0.25) is 0 Å². The molecule has 1 rings (SSSR count). The minimum Gasteiger partial charge on any atom is -0.161 e. The van der Waals surface area contributed by atoms with E-state index in [1.165, 1.54) is 0 Å². The lowest BCUT2D eigenvalue weighted by Gasteiger charge is -1.93. The smallest absolute Gasteiger partial charge is 0.0430 e. The Hall–Kier alpha value is -0.430. The highest BCUT2D eigenvalue weighted by Crippen LogP contribution is 2.06. The van der Waals surface area contributed by atoms with Gasteiger partial charge in [-0.2, -0.15) is 11.8 Å². The van der Waals surface area contributed by atoms with Crippen LogP contribution in [0.5, 0.6) is 0 Å². The molecule has 0 saturated carbocycles. The van der Waals surface area contributed by atoms with Crippen molar-refractivity contribution in [1.29, 1.82) is 0 Å². The zero-order valence-electron chi connectivity index (χ0n) is 6.37. The topological polar surface area (TPSA) is 0 Å². The van der Waals surface area contributed by atoms with Crippen LogP contribution in [0.1, 0.15) is 6.93 Å². The van der Waals surface area contributed by atoms with Crippen LogP contribution in [0, 0.1) is 0 Å². The van der Waals surface area contributed by atoms with Crippen molar-refractivity contribution in [1.82, 2.24) is 0 Å². The molecule has 0 heterocycles. The molecule has 0 unspecified atom stereocenters. The Morgan fingerprint density at radius 2 is 2.11 bits per heavy atom. The predicted molar refractivity (Wildman–Crippen MR) is 43.7 cm³/mol. The Bertz CT molecular complexity index is 186. The molecule has 0 nitrogen and oxygen atoms in total. The van der Waals surface area contributed by atoms with Crippen molar-refractivity contribution in [3.8, 4) is 0 Å². The summed E-state index contributed by atoms with van der Waals surface area (Å²) in [4.78, 5) is 0. The second-order valence-corrected chi connectivity index (χ2v) is 2.47. The van der Waals surface area contributed by atoms with Crippen molar-refractivity contribution in [2.75, 3.05) is 6.26 Å². The zero-order valence-corrected chi connectivity index (χ0v) is 6.19. The van der Waals surface area contributed by atoms with Crippen LogP contribution in [0.2, 0.25) is 0 Å². The van der Waals surface area contributed by atoms with E-state index >= 15 is 0 Å². The van der Waals surface area contributed by atoms with Gasteiger partial charge in [-0.15, -0.1) is 0 Å². The van der Waals surface area contributed by atoms with Gasteiger partial charge in [0.2, 0.25) is 0 Å². The van der Waals surface area contributed by atoms with Gasteiger partial charge in [0.25, 0.3) is 0 Å². The largest absolute Gasteiger partial charge is 0.161 e. The van der Waals surface area contributed by atoms with Crippen LogP contribution < -0.4 is 0 Å². The van der Waals surface area contributed by atoms with Gasteiger partial charge in [0, 0.05) is 7.10 Å². The van der Waals surface area contributed by atoms with Crippen LogP contribution in [0.25, 0.3) is 0 Å². The summed E-state index contributed by atoms with van der Waals surface area (Å²) in [5.41, 5.74) is 0.955. The van der Waals surface area contributed by atoms with Crippen molar-refractivity contribution in [3.63, 3.8) is 0 Å². The summed E-state index contributed by atoms with van der Waals surface area (Å²) in [6.07, 6.45) is 1.95. The molecule has 0 saturated heterocycles. The minimum atomic E-state index is -0.124.